The van der Waals surface area contributed by atoms with Crippen LogP contribution in [-0.4, -0.2) is 34.3 Å². The van der Waals surface area contributed by atoms with Crippen LogP contribution in [0.1, 0.15) is 18.1 Å². The largest absolute Gasteiger partial charge is 0.353 e. The van der Waals surface area contributed by atoms with Gasteiger partial charge in [0.15, 0.2) is 11.8 Å². The van der Waals surface area contributed by atoms with Crippen LogP contribution in [0, 0.1) is 0 Å². The molecule has 1 aliphatic rings. The minimum absolute atomic E-state index is 0.643. The Morgan fingerprint density at radius 2 is 2.41 bits per heavy atom. The van der Waals surface area contributed by atoms with E-state index in [-0.39, 0.29) is 0 Å². The molecule has 2 rings (SSSR count). The van der Waals surface area contributed by atoms with Gasteiger partial charge in [-0.05, 0) is 6.42 Å². The molecule has 0 amide bonds. The van der Waals surface area contributed by atoms with Crippen molar-refractivity contribution in [3.05, 3.63) is 24.3 Å². The third-order valence-electron chi connectivity index (χ3n) is 2.74. The smallest absolute Gasteiger partial charge is 0.191 e. The lowest BCUT2D eigenvalue weighted by Crippen LogP contribution is -2.37. The Morgan fingerprint density at radius 3 is 3.18 bits per heavy atom. The summed E-state index contributed by atoms with van der Waals surface area (Å²) < 4.78 is 2.17. The van der Waals surface area contributed by atoms with E-state index in [0.29, 0.717) is 13.1 Å². The van der Waals surface area contributed by atoms with Crippen molar-refractivity contribution in [1.29, 1.82) is 0 Å². The number of hydrogen-bond acceptors (Lipinski definition) is 3. The summed E-state index contributed by atoms with van der Waals surface area (Å²) in [4.78, 5) is 4.11. The van der Waals surface area contributed by atoms with Gasteiger partial charge in [-0.2, -0.15) is 0 Å². The third-order valence-corrected chi connectivity index (χ3v) is 2.74. The van der Waals surface area contributed by atoms with Crippen molar-refractivity contribution >= 4 is 5.96 Å². The molecule has 0 radical (unpaired) electrons. The average Bonchev–Trinajstić information content (AvgIpc) is 2.93. The Bertz CT molecular complexity index is 420. The SMILES string of the molecule is C=CCNC(=NC)NCc1nnc2n1CCC2. The molecule has 2 heterocycles. The van der Waals surface area contributed by atoms with Crippen molar-refractivity contribution in [3.8, 4) is 0 Å². The van der Waals surface area contributed by atoms with Crippen LogP contribution in [0.15, 0.2) is 17.6 Å². The Hall–Kier alpha value is -1.85. The number of aryl methyl sites for hydroxylation is 1. The van der Waals surface area contributed by atoms with Crippen LogP contribution >= 0.6 is 0 Å². The van der Waals surface area contributed by atoms with E-state index in [1.54, 1.807) is 13.1 Å². The number of guanidine groups is 1. The van der Waals surface area contributed by atoms with E-state index in [9.17, 15) is 0 Å². The zero-order valence-electron chi connectivity index (χ0n) is 10.1. The minimum atomic E-state index is 0.643. The monoisotopic (exact) mass is 234 g/mol. The minimum Gasteiger partial charge on any atom is -0.353 e. The highest BCUT2D eigenvalue weighted by molar-refractivity contribution is 5.79. The van der Waals surface area contributed by atoms with E-state index in [1.165, 1.54) is 6.42 Å². The summed E-state index contributed by atoms with van der Waals surface area (Å²) >= 11 is 0. The average molecular weight is 234 g/mol. The predicted octanol–water partition coefficient (Wildman–Crippen LogP) is 0.0753. The van der Waals surface area contributed by atoms with Gasteiger partial charge in [0.2, 0.25) is 0 Å². The van der Waals surface area contributed by atoms with Crippen molar-refractivity contribution in [2.24, 2.45) is 4.99 Å². The maximum absolute atomic E-state index is 4.17. The molecule has 0 fully saturated rings. The quantitative estimate of drug-likeness (QED) is 0.440. The molecule has 17 heavy (non-hydrogen) atoms. The first kappa shape index (κ1) is 11.6. The molecule has 92 valence electrons. The number of rotatable bonds is 4. The first-order valence-electron chi connectivity index (χ1n) is 5.81. The summed E-state index contributed by atoms with van der Waals surface area (Å²) in [7, 11) is 1.74. The predicted molar refractivity (Wildman–Crippen MR) is 66.7 cm³/mol. The van der Waals surface area contributed by atoms with Gasteiger partial charge in [0.1, 0.15) is 5.82 Å². The van der Waals surface area contributed by atoms with Crippen molar-refractivity contribution in [3.63, 3.8) is 0 Å². The van der Waals surface area contributed by atoms with E-state index < -0.39 is 0 Å². The van der Waals surface area contributed by atoms with Gasteiger partial charge in [-0.1, -0.05) is 6.08 Å². The zero-order chi connectivity index (χ0) is 12.1. The maximum atomic E-state index is 4.17. The molecule has 1 aromatic rings. The van der Waals surface area contributed by atoms with Crippen LogP contribution in [0.3, 0.4) is 0 Å². The van der Waals surface area contributed by atoms with E-state index >= 15 is 0 Å². The molecule has 0 saturated carbocycles. The normalized spacial score (nSPS) is 14.5. The molecule has 6 nitrogen and oxygen atoms in total. The van der Waals surface area contributed by atoms with E-state index in [1.807, 2.05) is 0 Å². The molecule has 0 aliphatic carbocycles. The molecule has 0 spiro atoms. The van der Waals surface area contributed by atoms with Crippen LogP contribution in [0.5, 0.6) is 0 Å². The Balaban J connectivity index is 1.90. The molecule has 0 bridgehead atoms. The first-order valence-corrected chi connectivity index (χ1v) is 5.81. The highest BCUT2D eigenvalue weighted by atomic mass is 15.3. The van der Waals surface area contributed by atoms with Gasteiger partial charge in [0.05, 0.1) is 6.54 Å². The number of fused-ring (bicyclic) bond motifs is 1. The molecule has 0 unspecified atom stereocenters. The second-order valence-corrected chi connectivity index (χ2v) is 3.88. The number of aromatic nitrogens is 3. The summed E-state index contributed by atoms with van der Waals surface area (Å²) in [5.41, 5.74) is 0. The maximum Gasteiger partial charge on any atom is 0.191 e. The summed E-state index contributed by atoms with van der Waals surface area (Å²) in [6.07, 6.45) is 4.00. The fourth-order valence-electron chi connectivity index (χ4n) is 1.89. The van der Waals surface area contributed by atoms with Crippen molar-refractivity contribution < 1.29 is 0 Å². The van der Waals surface area contributed by atoms with Crippen molar-refractivity contribution in [2.75, 3.05) is 13.6 Å². The molecule has 6 heteroatoms. The first-order chi connectivity index (χ1) is 8.35. The van der Waals surface area contributed by atoms with Gasteiger partial charge in [-0.3, -0.25) is 4.99 Å². The number of nitrogens with zero attached hydrogens (tertiary/aromatic N) is 4. The van der Waals surface area contributed by atoms with Crippen molar-refractivity contribution in [2.45, 2.75) is 25.9 Å². The van der Waals surface area contributed by atoms with E-state index in [2.05, 4.69) is 37.0 Å². The molecule has 1 aromatic heterocycles. The van der Waals surface area contributed by atoms with Crippen molar-refractivity contribution in [1.82, 2.24) is 25.4 Å². The Morgan fingerprint density at radius 1 is 1.53 bits per heavy atom. The van der Waals surface area contributed by atoms with Crippen LogP contribution in [-0.2, 0) is 19.5 Å². The molecule has 2 N–H and O–H groups in total. The van der Waals surface area contributed by atoms with Crippen LogP contribution in [0.25, 0.3) is 0 Å². The van der Waals surface area contributed by atoms with Crippen LogP contribution < -0.4 is 10.6 Å². The van der Waals surface area contributed by atoms with Gasteiger partial charge >= 0.3 is 0 Å². The fourth-order valence-corrected chi connectivity index (χ4v) is 1.89. The van der Waals surface area contributed by atoms with E-state index in [0.717, 1.165) is 30.6 Å². The summed E-state index contributed by atoms with van der Waals surface area (Å²) in [6, 6.07) is 0. The molecule has 0 saturated heterocycles. The van der Waals surface area contributed by atoms with Gasteiger partial charge in [-0.15, -0.1) is 16.8 Å². The standard InChI is InChI=1S/C11H18N6/c1-3-6-13-11(12-2)14-8-10-16-15-9-5-4-7-17(9)10/h3H,1,4-8H2,2H3,(H2,12,13,14). The number of aliphatic imine (C=N–C) groups is 1. The number of nitrogens with one attached hydrogen (secondary N) is 2. The lowest BCUT2D eigenvalue weighted by atomic mass is 10.4. The fraction of sp³-hybridized carbons (Fsp3) is 0.545. The molecule has 0 atom stereocenters. The van der Waals surface area contributed by atoms with Gasteiger partial charge < -0.3 is 15.2 Å². The zero-order valence-corrected chi connectivity index (χ0v) is 10.1. The second kappa shape index (κ2) is 5.47. The Labute approximate surface area is 101 Å². The van der Waals surface area contributed by atoms with Crippen LogP contribution in [0.4, 0.5) is 0 Å². The highest BCUT2D eigenvalue weighted by Gasteiger charge is 2.16. The second-order valence-electron chi connectivity index (χ2n) is 3.88. The summed E-state index contributed by atoms with van der Waals surface area (Å²) in [5.74, 6) is 2.81. The summed E-state index contributed by atoms with van der Waals surface area (Å²) in [5, 5.41) is 14.6. The number of hydrogen-bond donors (Lipinski definition) is 2. The lowest BCUT2D eigenvalue weighted by Gasteiger charge is -2.10. The van der Waals surface area contributed by atoms with E-state index in [4.69, 9.17) is 0 Å². The Kier molecular flexibility index (Phi) is 3.74. The van der Waals surface area contributed by atoms with Gasteiger partial charge in [0, 0.05) is 26.6 Å². The topological polar surface area (TPSA) is 67.1 Å². The lowest BCUT2D eigenvalue weighted by molar-refractivity contribution is 0.665. The molecule has 1 aliphatic heterocycles. The molecular weight excluding hydrogens is 216 g/mol. The van der Waals surface area contributed by atoms with Gasteiger partial charge in [-0.25, -0.2) is 0 Å². The molecule has 0 aromatic carbocycles. The highest BCUT2D eigenvalue weighted by Crippen LogP contribution is 2.13. The summed E-state index contributed by atoms with van der Waals surface area (Å²) in [6.45, 7) is 6.01. The third kappa shape index (κ3) is 2.64. The van der Waals surface area contributed by atoms with Gasteiger partial charge in [0.25, 0.3) is 0 Å². The molecular formula is C11H18N6. The van der Waals surface area contributed by atoms with Crippen LogP contribution in [0.2, 0.25) is 0 Å².